The van der Waals surface area contributed by atoms with Gasteiger partial charge in [0, 0.05) is 11.4 Å². The molecule has 0 heterocycles. The predicted molar refractivity (Wildman–Crippen MR) is 118 cm³/mol. The van der Waals surface area contributed by atoms with Crippen molar-refractivity contribution in [2.24, 2.45) is 0 Å². The smallest absolute Gasteiger partial charge is 0.0540 e. The third-order valence-corrected chi connectivity index (χ3v) is 5.16. The largest absolute Gasteiger partial charge is 0.393 e. The first-order chi connectivity index (χ1) is 13.3. The predicted octanol–water partition coefficient (Wildman–Crippen LogP) is 7.25. The van der Waals surface area contributed by atoms with Gasteiger partial charge in [0.2, 0.25) is 0 Å². The van der Waals surface area contributed by atoms with Gasteiger partial charge in [0.1, 0.15) is 0 Å². The van der Waals surface area contributed by atoms with Gasteiger partial charge in [-0.25, -0.2) is 0 Å². The molecule has 2 aromatic rings. The molecular weight excluding hydrogens is 330 g/mol. The molecule has 0 fully saturated rings. The molecular formula is C25H37NO. The zero-order valence-corrected chi connectivity index (χ0v) is 17.0. The molecule has 0 aliphatic rings. The summed E-state index contributed by atoms with van der Waals surface area (Å²) in [6, 6.07) is 19.1. The van der Waals surface area contributed by atoms with Crippen molar-refractivity contribution in [3.63, 3.8) is 0 Å². The molecule has 0 aliphatic heterocycles. The van der Waals surface area contributed by atoms with Gasteiger partial charge in [0.05, 0.1) is 6.10 Å². The van der Waals surface area contributed by atoms with Crippen LogP contribution in [0.3, 0.4) is 0 Å². The minimum atomic E-state index is -0.0655. The van der Waals surface area contributed by atoms with Crippen LogP contribution in [-0.4, -0.2) is 11.2 Å². The summed E-state index contributed by atoms with van der Waals surface area (Å²) in [5.41, 5.74) is 3.70. The molecule has 2 nitrogen and oxygen atoms in total. The number of aliphatic hydroxyl groups excluding tert-OH is 1. The summed E-state index contributed by atoms with van der Waals surface area (Å²) in [5, 5.41) is 13.3. The van der Waals surface area contributed by atoms with Gasteiger partial charge in [-0.2, -0.15) is 0 Å². The first-order valence-corrected chi connectivity index (χ1v) is 10.9. The van der Waals surface area contributed by atoms with Crippen LogP contribution in [0, 0.1) is 0 Å². The van der Waals surface area contributed by atoms with E-state index in [9.17, 15) is 5.11 Å². The summed E-state index contributed by atoms with van der Waals surface area (Å²) in [6.07, 6.45) is 13.1. The zero-order valence-electron chi connectivity index (χ0n) is 17.0. The van der Waals surface area contributed by atoms with E-state index in [2.05, 4.69) is 48.6 Å². The first-order valence-electron chi connectivity index (χ1n) is 10.9. The van der Waals surface area contributed by atoms with E-state index >= 15 is 0 Å². The fourth-order valence-electron chi connectivity index (χ4n) is 3.44. The van der Waals surface area contributed by atoms with Crippen LogP contribution in [0.1, 0.15) is 76.7 Å². The van der Waals surface area contributed by atoms with E-state index in [1.54, 1.807) is 0 Å². The number of anilines is 2. The summed E-state index contributed by atoms with van der Waals surface area (Å²) >= 11 is 0. The fourth-order valence-corrected chi connectivity index (χ4v) is 3.44. The molecule has 0 spiro atoms. The Morgan fingerprint density at radius 3 is 2.00 bits per heavy atom. The van der Waals surface area contributed by atoms with Gasteiger partial charge in [0.15, 0.2) is 0 Å². The number of hydrogen-bond donors (Lipinski definition) is 2. The Bertz CT molecular complexity index is 593. The van der Waals surface area contributed by atoms with Crippen molar-refractivity contribution in [1.29, 1.82) is 0 Å². The van der Waals surface area contributed by atoms with Crippen molar-refractivity contribution in [1.82, 2.24) is 0 Å². The van der Waals surface area contributed by atoms with Gasteiger partial charge in [0.25, 0.3) is 0 Å². The van der Waals surface area contributed by atoms with Crippen LogP contribution >= 0.6 is 0 Å². The Hall–Kier alpha value is -1.80. The molecule has 27 heavy (non-hydrogen) atoms. The second-order valence-electron chi connectivity index (χ2n) is 7.64. The van der Waals surface area contributed by atoms with Crippen LogP contribution in [-0.2, 0) is 6.42 Å². The van der Waals surface area contributed by atoms with Crippen molar-refractivity contribution in [2.75, 3.05) is 5.32 Å². The molecule has 2 N–H and O–H groups in total. The van der Waals surface area contributed by atoms with Crippen LogP contribution < -0.4 is 5.32 Å². The van der Waals surface area contributed by atoms with E-state index in [1.807, 2.05) is 18.2 Å². The lowest BCUT2D eigenvalue weighted by Crippen LogP contribution is -2.05. The van der Waals surface area contributed by atoms with E-state index in [0.717, 1.165) is 30.6 Å². The van der Waals surface area contributed by atoms with E-state index in [-0.39, 0.29) is 6.10 Å². The Kier molecular flexibility index (Phi) is 10.7. The lowest BCUT2D eigenvalue weighted by atomic mass is 10.0. The highest BCUT2D eigenvalue weighted by atomic mass is 16.3. The molecule has 2 aromatic carbocycles. The third kappa shape index (κ3) is 9.63. The molecule has 0 aromatic heterocycles. The average molecular weight is 368 g/mol. The molecule has 0 saturated heterocycles. The molecule has 2 rings (SSSR count). The molecule has 0 amide bonds. The highest BCUT2D eigenvalue weighted by molar-refractivity contribution is 5.59. The Morgan fingerprint density at radius 1 is 0.704 bits per heavy atom. The minimum Gasteiger partial charge on any atom is -0.393 e. The second kappa shape index (κ2) is 13.4. The summed E-state index contributed by atoms with van der Waals surface area (Å²) in [6.45, 7) is 2.18. The van der Waals surface area contributed by atoms with Gasteiger partial charge >= 0.3 is 0 Å². The molecule has 0 saturated carbocycles. The fraction of sp³-hybridized carbons (Fsp3) is 0.520. The van der Waals surface area contributed by atoms with Crippen LogP contribution in [0.5, 0.6) is 0 Å². The normalized spacial score (nSPS) is 12.1. The maximum atomic E-state index is 9.84. The van der Waals surface area contributed by atoms with E-state index in [1.165, 1.54) is 56.9 Å². The number of hydrogen-bond acceptors (Lipinski definition) is 2. The Labute approximate surface area is 166 Å². The SMILES string of the molecule is CCCCC(O)CCCCCCCCc1ccc(Nc2ccccc2)cc1. The topological polar surface area (TPSA) is 32.3 Å². The van der Waals surface area contributed by atoms with E-state index < -0.39 is 0 Å². The Balaban J connectivity index is 1.51. The molecule has 1 unspecified atom stereocenters. The van der Waals surface area contributed by atoms with E-state index in [0.29, 0.717) is 0 Å². The third-order valence-electron chi connectivity index (χ3n) is 5.16. The van der Waals surface area contributed by atoms with Crippen LogP contribution in [0.25, 0.3) is 0 Å². The van der Waals surface area contributed by atoms with Crippen LogP contribution in [0.4, 0.5) is 11.4 Å². The molecule has 0 radical (unpaired) electrons. The standard InChI is InChI=1S/C25H37NO/c1-2-3-16-25(27)17-12-7-5-4-6-9-13-22-18-20-24(21-19-22)26-23-14-10-8-11-15-23/h8,10-11,14-15,18-21,25-27H,2-7,9,12-13,16-17H2,1H3. The lowest BCUT2D eigenvalue weighted by Gasteiger charge is -2.09. The second-order valence-corrected chi connectivity index (χ2v) is 7.64. The van der Waals surface area contributed by atoms with Crippen molar-refractivity contribution in [3.8, 4) is 0 Å². The number of nitrogens with one attached hydrogen (secondary N) is 1. The molecule has 148 valence electrons. The van der Waals surface area contributed by atoms with E-state index in [4.69, 9.17) is 0 Å². The molecule has 0 bridgehead atoms. The summed E-state index contributed by atoms with van der Waals surface area (Å²) in [7, 11) is 0. The number of aryl methyl sites for hydroxylation is 1. The van der Waals surface area contributed by atoms with Crippen molar-refractivity contribution < 1.29 is 5.11 Å². The maximum Gasteiger partial charge on any atom is 0.0540 e. The van der Waals surface area contributed by atoms with Crippen molar-refractivity contribution in [2.45, 2.75) is 83.7 Å². The zero-order chi connectivity index (χ0) is 19.2. The molecule has 1 atom stereocenters. The average Bonchev–Trinajstić information content (AvgIpc) is 2.70. The molecule has 0 aliphatic carbocycles. The van der Waals surface area contributed by atoms with Gasteiger partial charge < -0.3 is 10.4 Å². The number of para-hydroxylation sites is 1. The van der Waals surface area contributed by atoms with Crippen molar-refractivity contribution in [3.05, 3.63) is 60.2 Å². The number of aliphatic hydroxyl groups is 1. The van der Waals surface area contributed by atoms with Crippen LogP contribution in [0.15, 0.2) is 54.6 Å². The van der Waals surface area contributed by atoms with Crippen LogP contribution in [0.2, 0.25) is 0 Å². The van der Waals surface area contributed by atoms with Crippen molar-refractivity contribution >= 4 is 11.4 Å². The summed E-state index contributed by atoms with van der Waals surface area (Å²) in [5.74, 6) is 0. The number of unbranched alkanes of at least 4 members (excludes halogenated alkanes) is 6. The highest BCUT2D eigenvalue weighted by Gasteiger charge is 2.02. The number of benzene rings is 2. The van der Waals surface area contributed by atoms with Gasteiger partial charge in [-0.1, -0.05) is 82.2 Å². The molecule has 2 heteroatoms. The van der Waals surface area contributed by atoms with Gasteiger partial charge in [-0.05, 0) is 55.5 Å². The Morgan fingerprint density at radius 2 is 1.30 bits per heavy atom. The quantitative estimate of drug-likeness (QED) is 0.344. The summed E-state index contributed by atoms with van der Waals surface area (Å²) < 4.78 is 0. The maximum absolute atomic E-state index is 9.84. The number of rotatable bonds is 14. The van der Waals surface area contributed by atoms with Gasteiger partial charge in [-0.15, -0.1) is 0 Å². The minimum absolute atomic E-state index is 0.0655. The lowest BCUT2D eigenvalue weighted by molar-refractivity contribution is 0.148. The highest BCUT2D eigenvalue weighted by Crippen LogP contribution is 2.18. The van der Waals surface area contributed by atoms with Gasteiger partial charge in [-0.3, -0.25) is 0 Å². The summed E-state index contributed by atoms with van der Waals surface area (Å²) in [4.78, 5) is 0. The monoisotopic (exact) mass is 367 g/mol. The first kappa shape index (κ1) is 21.5.